The summed E-state index contributed by atoms with van der Waals surface area (Å²) in [5, 5.41) is 0.893. The van der Waals surface area contributed by atoms with Gasteiger partial charge in [0.2, 0.25) is 0 Å². The zero-order chi connectivity index (χ0) is 12.3. The van der Waals surface area contributed by atoms with Crippen molar-refractivity contribution in [1.82, 2.24) is 0 Å². The van der Waals surface area contributed by atoms with Crippen LogP contribution < -0.4 is 4.90 Å². The Morgan fingerprint density at radius 2 is 2.29 bits per heavy atom. The molecule has 0 amide bonds. The maximum absolute atomic E-state index is 5.72. The summed E-state index contributed by atoms with van der Waals surface area (Å²) in [6.45, 7) is 4.98. The molecule has 1 aliphatic rings. The third-order valence-electron chi connectivity index (χ3n) is 3.13. The molecule has 0 aromatic heterocycles. The summed E-state index contributed by atoms with van der Waals surface area (Å²) in [7, 11) is 0. The van der Waals surface area contributed by atoms with Crippen LogP contribution in [0.5, 0.6) is 0 Å². The summed E-state index contributed by atoms with van der Waals surface area (Å²) >= 11 is 7.11. The van der Waals surface area contributed by atoms with Gasteiger partial charge in [-0.1, -0.05) is 44.8 Å². The van der Waals surface area contributed by atoms with Gasteiger partial charge in [-0.15, -0.1) is 0 Å². The van der Waals surface area contributed by atoms with Crippen LogP contribution in [0.15, 0.2) is 22.7 Å². The van der Waals surface area contributed by atoms with E-state index in [0.29, 0.717) is 6.10 Å². The molecule has 0 radical (unpaired) electrons. The number of benzene rings is 1. The number of halogens is 2. The molecule has 1 fully saturated rings. The average Bonchev–Trinajstić information content (AvgIpc) is 2.39. The van der Waals surface area contributed by atoms with Gasteiger partial charge in [0.1, 0.15) is 0 Å². The van der Waals surface area contributed by atoms with Gasteiger partial charge >= 0.3 is 0 Å². The second-order valence-corrected chi connectivity index (χ2v) is 5.73. The fraction of sp³-hybridized carbons (Fsp3) is 0.538. The standard InChI is InChI=1S/C13H17Br2NO/c1-2-12-9-16(5-6-17-12)13-7-11(15)4-3-10(13)8-14/h3-4,7,12H,2,5-6,8-9H2,1H3. The average molecular weight is 363 g/mol. The van der Waals surface area contributed by atoms with E-state index < -0.39 is 0 Å². The normalized spacial score (nSPS) is 20.6. The molecule has 1 aromatic rings. The Kier molecular flexibility index (Phi) is 4.88. The molecule has 0 aliphatic carbocycles. The molecule has 0 N–H and O–H groups in total. The Morgan fingerprint density at radius 3 is 3.00 bits per heavy atom. The summed E-state index contributed by atoms with van der Waals surface area (Å²) in [6, 6.07) is 6.47. The zero-order valence-corrected chi connectivity index (χ0v) is 13.1. The number of morpholine rings is 1. The number of hydrogen-bond donors (Lipinski definition) is 0. The maximum atomic E-state index is 5.72. The quantitative estimate of drug-likeness (QED) is 0.754. The zero-order valence-electron chi connectivity index (χ0n) is 9.96. The van der Waals surface area contributed by atoms with Gasteiger partial charge in [-0.2, -0.15) is 0 Å². The smallest absolute Gasteiger partial charge is 0.0748 e. The molecule has 1 atom stereocenters. The fourth-order valence-electron chi connectivity index (χ4n) is 2.13. The highest BCUT2D eigenvalue weighted by Gasteiger charge is 2.20. The van der Waals surface area contributed by atoms with Crippen LogP contribution in [-0.2, 0) is 10.1 Å². The second-order valence-electron chi connectivity index (χ2n) is 4.25. The van der Waals surface area contributed by atoms with Crippen molar-refractivity contribution in [3.63, 3.8) is 0 Å². The van der Waals surface area contributed by atoms with Crippen molar-refractivity contribution in [3.8, 4) is 0 Å². The van der Waals surface area contributed by atoms with E-state index in [1.165, 1.54) is 11.3 Å². The van der Waals surface area contributed by atoms with Gasteiger partial charge in [0, 0.05) is 28.6 Å². The van der Waals surface area contributed by atoms with E-state index >= 15 is 0 Å². The minimum atomic E-state index is 0.367. The lowest BCUT2D eigenvalue weighted by Crippen LogP contribution is -2.42. The van der Waals surface area contributed by atoms with Crippen LogP contribution in [0.1, 0.15) is 18.9 Å². The van der Waals surface area contributed by atoms with Gasteiger partial charge < -0.3 is 9.64 Å². The molecule has 0 bridgehead atoms. The van der Waals surface area contributed by atoms with Crippen molar-refractivity contribution in [3.05, 3.63) is 28.2 Å². The molecular formula is C13H17Br2NO. The predicted molar refractivity (Wildman–Crippen MR) is 79.0 cm³/mol. The largest absolute Gasteiger partial charge is 0.375 e. The van der Waals surface area contributed by atoms with Crippen LogP contribution in [0.25, 0.3) is 0 Å². The first-order valence-corrected chi connectivity index (χ1v) is 7.87. The van der Waals surface area contributed by atoms with Crippen LogP contribution >= 0.6 is 31.9 Å². The van der Waals surface area contributed by atoms with Crippen molar-refractivity contribution in [1.29, 1.82) is 0 Å². The number of rotatable bonds is 3. The third kappa shape index (κ3) is 3.24. The lowest BCUT2D eigenvalue weighted by Gasteiger charge is -2.35. The Bertz CT molecular complexity index is 384. The van der Waals surface area contributed by atoms with E-state index in [0.717, 1.165) is 35.9 Å². The highest BCUT2D eigenvalue weighted by molar-refractivity contribution is 9.10. The number of alkyl halides is 1. The molecule has 1 heterocycles. The first-order valence-electron chi connectivity index (χ1n) is 5.95. The van der Waals surface area contributed by atoms with Gasteiger partial charge in [0.25, 0.3) is 0 Å². The SMILES string of the molecule is CCC1CN(c2cc(Br)ccc2CBr)CCO1. The summed E-state index contributed by atoms with van der Waals surface area (Å²) in [4.78, 5) is 2.43. The van der Waals surface area contributed by atoms with Gasteiger partial charge in [-0.25, -0.2) is 0 Å². The van der Waals surface area contributed by atoms with Crippen molar-refractivity contribution in [2.24, 2.45) is 0 Å². The summed E-state index contributed by atoms with van der Waals surface area (Å²) in [5.74, 6) is 0. The fourth-order valence-corrected chi connectivity index (χ4v) is 2.95. The van der Waals surface area contributed by atoms with Crippen molar-refractivity contribution < 1.29 is 4.74 Å². The van der Waals surface area contributed by atoms with Crippen LogP contribution in [0, 0.1) is 0 Å². The van der Waals surface area contributed by atoms with Gasteiger partial charge in [0.15, 0.2) is 0 Å². The van der Waals surface area contributed by atoms with E-state index in [1.807, 2.05) is 0 Å². The molecule has 1 unspecified atom stereocenters. The number of ether oxygens (including phenoxy) is 1. The van der Waals surface area contributed by atoms with Crippen molar-refractivity contribution in [2.45, 2.75) is 24.8 Å². The Labute approximate surface area is 120 Å². The Hall–Kier alpha value is -0.0600. The Balaban J connectivity index is 2.22. The number of hydrogen-bond acceptors (Lipinski definition) is 2. The molecule has 17 heavy (non-hydrogen) atoms. The summed E-state index contributed by atoms with van der Waals surface area (Å²) in [6.07, 6.45) is 1.44. The lowest BCUT2D eigenvalue weighted by molar-refractivity contribution is 0.0384. The minimum Gasteiger partial charge on any atom is -0.375 e. The molecule has 1 aromatic carbocycles. The lowest BCUT2D eigenvalue weighted by atomic mass is 10.1. The highest BCUT2D eigenvalue weighted by Crippen LogP contribution is 2.28. The molecule has 4 heteroatoms. The molecule has 2 rings (SSSR count). The van der Waals surface area contributed by atoms with E-state index in [4.69, 9.17) is 4.74 Å². The maximum Gasteiger partial charge on any atom is 0.0748 e. The van der Waals surface area contributed by atoms with Crippen LogP contribution in [0.4, 0.5) is 5.69 Å². The minimum absolute atomic E-state index is 0.367. The van der Waals surface area contributed by atoms with Gasteiger partial charge in [0.05, 0.1) is 12.7 Å². The topological polar surface area (TPSA) is 12.5 Å². The first kappa shape index (κ1) is 13.4. The second kappa shape index (κ2) is 6.21. The molecular weight excluding hydrogens is 346 g/mol. The van der Waals surface area contributed by atoms with Crippen LogP contribution in [0.2, 0.25) is 0 Å². The van der Waals surface area contributed by atoms with E-state index in [-0.39, 0.29) is 0 Å². The van der Waals surface area contributed by atoms with Crippen molar-refractivity contribution in [2.75, 3.05) is 24.6 Å². The third-order valence-corrected chi connectivity index (χ3v) is 4.22. The number of anilines is 1. The van der Waals surface area contributed by atoms with Gasteiger partial charge in [-0.3, -0.25) is 0 Å². The highest BCUT2D eigenvalue weighted by atomic mass is 79.9. The van der Waals surface area contributed by atoms with Gasteiger partial charge in [-0.05, 0) is 24.1 Å². The molecule has 0 spiro atoms. The molecule has 1 saturated heterocycles. The molecule has 1 aliphatic heterocycles. The number of nitrogens with zero attached hydrogens (tertiary/aromatic N) is 1. The molecule has 2 nitrogen and oxygen atoms in total. The van der Waals surface area contributed by atoms with E-state index in [9.17, 15) is 0 Å². The molecule has 94 valence electrons. The van der Waals surface area contributed by atoms with E-state index in [2.05, 4.69) is 61.9 Å². The Morgan fingerprint density at radius 1 is 1.47 bits per heavy atom. The van der Waals surface area contributed by atoms with Crippen LogP contribution in [0.3, 0.4) is 0 Å². The van der Waals surface area contributed by atoms with Crippen LogP contribution in [-0.4, -0.2) is 25.8 Å². The summed E-state index contributed by atoms with van der Waals surface area (Å²) in [5.41, 5.74) is 2.66. The first-order chi connectivity index (χ1) is 8.24. The van der Waals surface area contributed by atoms with E-state index in [1.54, 1.807) is 0 Å². The molecule has 0 saturated carbocycles. The predicted octanol–water partition coefficient (Wildman–Crippen LogP) is 3.96. The monoisotopic (exact) mass is 361 g/mol. The summed E-state index contributed by atoms with van der Waals surface area (Å²) < 4.78 is 6.85. The van der Waals surface area contributed by atoms with Crippen molar-refractivity contribution >= 4 is 37.5 Å².